The summed E-state index contributed by atoms with van der Waals surface area (Å²) in [7, 11) is 3.35. The van der Waals surface area contributed by atoms with E-state index in [2.05, 4.69) is 15.0 Å². The second kappa shape index (κ2) is 9.56. The fraction of sp³-hybridized carbons (Fsp3) is 0.400. The lowest BCUT2D eigenvalue weighted by molar-refractivity contribution is -0.139. The summed E-state index contributed by atoms with van der Waals surface area (Å²) >= 11 is 1.28. The molecule has 186 valence electrons. The van der Waals surface area contributed by atoms with Crippen LogP contribution in [-0.4, -0.2) is 40.5 Å². The number of thioether (sulfide) groups is 1. The third-order valence-corrected chi connectivity index (χ3v) is 7.08. The number of rotatable bonds is 5. The number of halogens is 3. The quantitative estimate of drug-likeness (QED) is 0.342. The van der Waals surface area contributed by atoms with E-state index in [4.69, 9.17) is 4.74 Å². The Morgan fingerprint density at radius 1 is 1.11 bits per heavy atom. The van der Waals surface area contributed by atoms with Crippen LogP contribution in [0.2, 0.25) is 0 Å². The van der Waals surface area contributed by atoms with Gasteiger partial charge in [-0.25, -0.2) is 9.97 Å². The minimum Gasteiger partial charge on any atom is -0.497 e. The number of hydrogen-bond donors (Lipinski definition) is 1. The van der Waals surface area contributed by atoms with Gasteiger partial charge in [-0.3, -0.25) is 0 Å². The molecule has 1 aromatic carbocycles. The molecule has 1 aliphatic carbocycles. The van der Waals surface area contributed by atoms with Gasteiger partial charge in [0.15, 0.2) is 5.16 Å². The Morgan fingerprint density at radius 2 is 1.80 bits per heavy atom. The standard InChI is InChI=1S/C25H27F3N4O2S/c1-13-10-18-19(29-24(35-5)31-23(18)33)12-17(13)22-21(25(26,27)28)14(2)11-20(30-22)32(3)15-6-8-16(34-4)9-7-15/h6-9,11,13,17H,10,12H2,1-5H3,(H,29,31,33). The number of hydrogen-bond acceptors (Lipinski definition) is 7. The Kier molecular flexibility index (Phi) is 6.86. The van der Waals surface area contributed by atoms with Crippen molar-refractivity contribution in [1.29, 1.82) is 0 Å². The number of aromatic nitrogens is 3. The number of benzene rings is 1. The molecule has 10 heteroatoms. The summed E-state index contributed by atoms with van der Waals surface area (Å²) < 4.78 is 48.0. The molecule has 2 atom stereocenters. The number of fused-ring (bicyclic) bond motifs is 1. The molecule has 4 rings (SSSR count). The Bertz CT molecular complexity index is 1230. The van der Waals surface area contributed by atoms with Crippen LogP contribution in [0, 0.1) is 12.8 Å². The summed E-state index contributed by atoms with van der Waals surface area (Å²) in [5.41, 5.74) is 1.37. The van der Waals surface area contributed by atoms with E-state index in [0.717, 1.165) is 5.69 Å². The molecule has 0 bridgehead atoms. The minimum absolute atomic E-state index is 0.00909. The molecular weight excluding hydrogens is 477 g/mol. The summed E-state index contributed by atoms with van der Waals surface area (Å²) in [6.07, 6.45) is -2.15. The van der Waals surface area contributed by atoms with Crippen molar-refractivity contribution >= 4 is 23.3 Å². The molecule has 0 spiro atoms. The molecule has 0 amide bonds. The van der Waals surface area contributed by atoms with Crippen LogP contribution in [0.3, 0.4) is 0 Å². The number of ether oxygens (including phenoxy) is 1. The third kappa shape index (κ3) is 4.89. The lowest BCUT2D eigenvalue weighted by Crippen LogP contribution is -2.28. The highest BCUT2D eigenvalue weighted by molar-refractivity contribution is 7.98. The fourth-order valence-electron chi connectivity index (χ4n) is 4.63. The first-order valence-electron chi connectivity index (χ1n) is 11.1. The summed E-state index contributed by atoms with van der Waals surface area (Å²) in [5, 5.41) is 10.8. The van der Waals surface area contributed by atoms with Gasteiger partial charge in [0.05, 0.1) is 24.1 Å². The van der Waals surface area contributed by atoms with Crippen LogP contribution in [0.1, 0.15) is 40.9 Å². The van der Waals surface area contributed by atoms with Gasteiger partial charge in [0, 0.05) is 24.2 Å². The van der Waals surface area contributed by atoms with Gasteiger partial charge in [-0.15, -0.1) is 0 Å². The van der Waals surface area contributed by atoms with E-state index in [9.17, 15) is 18.3 Å². The van der Waals surface area contributed by atoms with Crippen LogP contribution in [-0.2, 0) is 19.0 Å². The molecule has 1 N–H and O–H groups in total. The Balaban J connectivity index is 1.82. The first-order chi connectivity index (χ1) is 16.5. The van der Waals surface area contributed by atoms with Crippen LogP contribution >= 0.6 is 11.8 Å². The molecule has 0 saturated carbocycles. The van der Waals surface area contributed by atoms with E-state index in [0.29, 0.717) is 34.4 Å². The number of aromatic hydroxyl groups is 1. The zero-order valence-corrected chi connectivity index (χ0v) is 21.0. The number of nitrogens with zero attached hydrogens (tertiary/aromatic N) is 4. The number of methoxy groups -OCH3 is 1. The van der Waals surface area contributed by atoms with E-state index in [-0.39, 0.29) is 29.5 Å². The predicted octanol–water partition coefficient (Wildman–Crippen LogP) is 5.92. The summed E-state index contributed by atoms with van der Waals surface area (Å²) in [4.78, 5) is 14.9. The van der Waals surface area contributed by atoms with E-state index in [1.807, 2.05) is 19.1 Å². The summed E-state index contributed by atoms with van der Waals surface area (Å²) in [6.45, 7) is 3.35. The van der Waals surface area contributed by atoms with Crippen molar-refractivity contribution in [3.05, 3.63) is 58.4 Å². The van der Waals surface area contributed by atoms with Gasteiger partial charge in [0.1, 0.15) is 11.6 Å². The molecular formula is C25H27F3N4O2S. The SMILES string of the molecule is COc1ccc(N(C)c2cc(C)c(C(F)(F)F)c(C3Cc4nc(SC)nc(O)c4CC3C)n2)cc1. The van der Waals surface area contributed by atoms with Gasteiger partial charge in [-0.2, -0.15) is 18.2 Å². The first kappa shape index (κ1) is 25.1. The zero-order chi connectivity index (χ0) is 25.5. The lowest BCUT2D eigenvalue weighted by atomic mass is 9.75. The van der Waals surface area contributed by atoms with Crippen LogP contribution < -0.4 is 9.64 Å². The van der Waals surface area contributed by atoms with Gasteiger partial charge in [0.25, 0.3) is 0 Å². The van der Waals surface area contributed by atoms with Gasteiger partial charge >= 0.3 is 6.18 Å². The fourth-order valence-corrected chi connectivity index (χ4v) is 5.01. The van der Waals surface area contributed by atoms with E-state index in [1.165, 1.54) is 24.8 Å². The molecule has 0 fully saturated rings. The molecule has 1 aliphatic rings. The highest BCUT2D eigenvalue weighted by Gasteiger charge is 2.41. The minimum atomic E-state index is -4.55. The highest BCUT2D eigenvalue weighted by Crippen LogP contribution is 2.45. The molecule has 3 aromatic rings. The Hall–Kier alpha value is -3.01. The van der Waals surface area contributed by atoms with Gasteiger partial charge < -0.3 is 14.7 Å². The predicted molar refractivity (Wildman–Crippen MR) is 130 cm³/mol. The van der Waals surface area contributed by atoms with Crippen molar-refractivity contribution < 1.29 is 23.0 Å². The first-order valence-corrected chi connectivity index (χ1v) is 12.3. The maximum Gasteiger partial charge on any atom is 0.418 e. The van der Waals surface area contributed by atoms with Crippen molar-refractivity contribution in [2.24, 2.45) is 5.92 Å². The van der Waals surface area contributed by atoms with Gasteiger partial charge in [-0.05, 0) is 67.8 Å². The second-order valence-corrected chi connectivity index (χ2v) is 9.54. The van der Waals surface area contributed by atoms with Crippen molar-refractivity contribution in [1.82, 2.24) is 15.0 Å². The summed E-state index contributed by atoms with van der Waals surface area (Å²) in [5.74, 6) is 0.281. The molecule has 0 radical (unpaired) electrons. The maximum absolute atomic E-state index is 14.3. The van der Waals surface area contributed by atoms with Crippen molar-refractivity contribution in [2.75, 3.05) is 25.3 Å². The Labute approximate surface area is 206 Å². The largest absolute Gasteiger partial charge is 0.497 e. The number of aryl methyl sites for hydroxylation is 1. The third-order valence-electron chi connectivity index (χ3n) is 6.53. The van der Waals surface area contributed by atoms with Crippen molar-refractivity contribution in [3.63, 3.8) is 0 Å². The molecule has 0 aliphatic heterocycles. The van der Waals surface area contributed by atoms with E-state index < -0.39 is 17.7 Å². The summed E-state index contributed by atoms with van der Waals surface area (Å²) in [6, 6.07) is 8.71. The van der Waals surface area contributed by atoms with Gasteiger partial charge in [0.2, 0.25) is 5.88 Å². The van der Waals surface area contributed by atoms with Crippen molar-refractivity contribution in [2.45, 2.75) is 43.9 Å². The average molecular weight is 505 g/mol. The maximum atomic E-state index is 14.3. The number of anilines is 2. The second-order valence-electron chi connectivity index (χ2n) is 8.76. The zero-order valence-electron chi connectivity index (χ0n) is 20.1. The van der Waals surface area contributed by atoms with Gasteiger partial charge in [-0.1, -0.05) is 18.7 Å². The van der Waals surface area contributed by atoms with Crippen molar-refractivity contribution in [3.8, 4) is 11.6 Å². The smallest absolute Gasteiger partial charge is 0.418 e. The molecule has 0 saturated heterocycles. The molecule has 2 aromatic heterocycles. The van der Waals surface area contributed by atoms with Crippen LogP contribution in [0.15, 0.2) is 35.5 Å². The van der Waals surface area contributed by atoms with Crippen LogP contribution in [0.4, 0.5) is 24.7 Å². The Morgan fingerprint density at radius 3 is 2.40 bits per heavy atom. The number of alkyl halides is 3. The normalized spacial score (nSPS) is 17.7. The molecule has 2 heterocycles. The molecule has 6 nitrogen and oxygen atoms in total. The van der Waals surface area contributed by atoms with E-state index >= 15 is 0 Å². The highest BCUT2D eigenvalue weighted by atomic mass is 32.2. The lowest BCUT2D eigenvalue weighted by Gasteiger charge is -2.33. The van der Waals surface area contributed by atoms with E-state index in [1.54, 1.807) is 37.4 Å². The number of pyridine rings is 1. The van der Waals surface area contributed by atoms with Crippen LogP contribution in [0.5, 0.6) is 11.6 Å². The topological polar surface area (TPSA) is 71.4 Å². The van der Waals surface area contributed by atoms with Crippen LogP contribution in [0.25, 0.3) is 0 Å². The molecule has 2 unspecified atom stereocenters. The average Bonchev–Trinajstić information content (AvgIpc) is 2.82. The monoisotopic (exact) mass is 504 g/mol. The molecule has 35 heavy (non-hydrogen) atoms.